The van der Waals surface area contributed by atoms with Gasteiger partial charge in [-0.15, -0.1) is 0 Å². The van der Waals surface area contributed by atoms with Crippen molar-refractivity contribution in [3.8, 4) is 5.75 Å². The average molecular weight is 235 g/mol. The molecule has 3 heteroatoms. The predicted octanol–water partition coefficient (Wildman–Crippen LogP) is 2.78. The van der Waals surface area contributed by atoms with E-state index >= 15 is 0 Å². The average Bonchev–Trinajstić information content (AvgIpc) is 2.25. The molecule has 0 saturated heterocycles. The minimum atomic E-state index is -0.175. The highest BCUT2D eigenvalue weighted by molar-refractivity contribution is 5.97. The van der Waals surface area contributed by atoms with Crippen LogP contribution in [0.3, 0.4) is 0 Å². The fourth-order valence-corrected chi connectivity index (χ4v) is 1.67. The second-order valence-electron chi connectivity index (χ2n) is 5.27. The van der Waals surface area contributed by atoms with Gasteiger partial charge < -0.3 is 10.0 Å². The van der Waals surface area contributed by atoms with Gasteiger partial charge in [-0.25, -0.2) is 0 Å². The molecule has 0 fully saturated rings. The second kappa shape index (κ2) is 4.78. The zero-order valence-corrected chi connectivity index (χ0v) is 11.2. The van der Waals surface area contributed by atoms with Crippen LogP contribution in [0.5, 0.6) is 5.75 Å². The molecule has 0 aliphatic carbocycles. The van der Waals surface area contributed by atoms with Crippen LogP contribution in [-0.2, 0) is 5.41 Å². The summed E-state index contributed by atoms with van der Waals surface area (Å²) in [7, 11) is 1.73. The first-order chi connectivity index (χ1) is 7.79. The zero-order chi connectivity index (χ0) is 13.2. The molecule has 0 radical (unpaired) electrons. The highest BCUT2D eigenvalue weighted by Gasteiger charge is 2.23. The van der Waals surface area contributed by atoms with E-state index in [4.69, 9.17) is 0 Å². The lowest BCUT2D eigenvalue weighted by atomic mass is 9.85. The molecular formula is C14H21NO2. The van der Waals surface area contributed by atoms with E-state index in [1.807, 2.05) is 39.8 Å². The van der Waals surface area contributed by atoms with Crippen LogP contribution in [0.25, 0.3) is 0 Å². The van der Waals surface area contributed by atoms with Crippen molar-refractivity contribution >= 4 is 5.91 Å². The number of phenols is 1. The fourth-order valence-electron chi connectivity index (χ4n) is 1.67. The lowest BCUT2D eigenvalue weighted by molar-refractivity contribution is 0.0799. The van der Waals surface area contributed by atoms with Gasteiger partial charge in [0.25, 0.3) is 5.91 Å². The van der Waals surface area contributed by atoms with Gasteiger partial charge >= 0.3 is 0 Å². The topological polar surface area (TPSA) is 40.5 Å². The van der Waals surface area contributed by atoms with Gasteiger partial charge in [0.15, 0.2) is 0 Å². The zero-order valence-electron chi connectivity index (χ0n) is 11.2. The molecule has 94 valence electrons. The molecule has 1 rings (SSSR count). The van der Waals surface area contributed by atoms with Crippen molar-refractivity contribution < 1.29 is 9.90 Å². The van der Waals surface area contributed by atoms with E-state index in [1.165, 1.54) is 0 Å². The summed E-state index contributed by atoms with van der Waals surface area (Å²) in [6, 6.07) is 5.34. The fraction of sp³-hybridized carbons (Fsp3) is 0.500. The summed E-state index contributed by atoms with van der Waals surface area (Å²) in [6.45, 7) is 8.57. The molecule has 0 atom stereocenters. The van der Waals surface area contributed by atoms with Crippen molar-refractivity contribution in [1.82, 2.24) is 4.90 Å². The van der Waals surface area contributed by atoms with Crippen molar-refractivity contribution in [2.45, 2.75) is 33.1 Å². The number of carbonyl (C=O) groups is 1. The Labute approximate surface area is 103 Å². The molecule has 0 spiro atoms. The van der Waals surface area contributed by atoms with Gasteiger partial charge in [0.2, 0.25) is 0 Å². The number of para-hydroxylation sites is 1. The molecule has 0 saturated carbocycles. The molecule has 3 nitrogen and oxygen atoms in total. The second-order valence-corrected chi connectivity index (χ2v) is 5.27. The molecular weight excluding hydrogens is 214 g/mol. The number of rotatable bonds is 2. The first-order valence-electron chi connectivity index (χ1n) is 5.87. The first-order valence-corrected chi connectivity index (χ1v) is 5.87. The van der Waals surface area contributed by atoms with Gasteiger partial charge in [-0.1, -0.05) is 32.9 Å². The molecule has 0 aromatic heterocycles. The summed E-state index contributed by atoms with van der Waals surface area (Å²) >= 11 is 0. The van der Waals surface area contributed by atoms with E-state index in [9.17, 15) is 9.90 Å². The molecule has 0 heterocycles. The molecule has 1 N–H and O–H groups in total. The van der Waals surface area contributed by atoms with Crippen molar-refractivity contribution in [3.63, 3.8) is 0 Å². The molecule has 1 amide bonds. The summed E-state index contributed by atoms with van der Waals surface area (Å²) in [5.74, 6) is -0.0404. The third-order valence-electron chi connectivity index (χ3n) is 2.90. The summed E-state index contributed by atoms with van der Waals surface area (Å²) in [4.78, 5) is 13.6. The molecule has 17 heavy (non-hydrogen) atoms. The maximum atomic E-state index is 12.0. The quantitative estimate of drug-likeness (QED) is 0.856. The highest BCUT2D eigenvalue weighted by Crippen LogP contribution is 2.33. The molecule has 1 aromatic carbocycles. The lowest BCUT2D eigenvalue weighted by Gasteiger charge is -2.23. The maximum Gasteiger partial charge on any atom is 0.257 e. The molecule has 1 aromatic rings. The van der Waals surface area contributed by atoms with Crippen molar-refractivity contribution in [2.75, 3.05) is 13.6 Å². The molecule has 0 aliphatic heterocycles. The van der Waals surface area contributed by atoms with E-state index < -0.39 is 0 Å². The van der Waals surface area contributed by atoms with E-state index in [-0.39, 0.29) is 17.1 Å². The number of phenolic OH excluding ortho intramolecular Hbond substituents is 1. The predicted molar refractivity (Wildman–Crippen MR) is 69.4 cm³/mol. The number of hydrogen-bond donors (Lipinski definition) is 1. The van der Waals surface area contributed by atoms with Crippen LogP contribution in [0.2, 0.25) is 0 Å². The SMILES string of the molecule is CCN(C)C(=O)c1cccc(C(C)(C)C)c1O. The van der Waals surface area contributed by atoms with Crippen LogP contribution >= 0.6 is 0 Å². The van der Waals surface area contributed by atoms with Gasteiger partial charge in [-0.2, -0.15) is 0 Å². The van der Waals surface area contributed by atoms with Gasteiger partial charge in [-0.3, -0.25) is 4.79 Å². The molecule has 0 bridgehead atoms. The number of carbonyl (C=O) groups excluding carboxylic acids is 1. The Morgan fingerprint density at radius 2 is 1.94 bits per heavy atom. The Morgan fingerprint density at radius 3 is 2.41 bits per heavy atom. The van der Waals surface area contributed by atoms with Crippen molar-refractivity contribution in [3.05, 3.63) is 29.3 Å². The molecule has 0 aliphatic rings. The Kier molecular flexibility index (Phi) is 3.81. The minimum absolute atomic E-state index is 0.102. The number of benzene rings is 1. The van der Waals surface area contributed by atoms with Crippen LogP contribution in [0.4, 0.5) is 0 Å². The summed E-state index contributed by atoms with van der Waals surface area (Å²) in [5, 5.41) is 10.2. The van der Waals surface area contributed by atoms with Gasteiger partial charge in [-0.05, 0) is 18.4 Å². The van der Waals surface area contributed by atoms with Crippen LogP contribution in [0.1, 0.15) is 43.6 Å². The summed E-state index contributed by atoms with van der Waals surface area (Å²) in [6.07, 6.45) is 0. The maximum absolute atomic E-state index is 12.0. The van der Waals surface area contributed by atoms with Crippen LogP contribution in [0, 0.1) is 0 Å². The van der Waals surface area contributed by atoms with Crippen LogP contribution in [0.15, 0.2) is 18.2 Å². The lowest BCUT2D eigenvalue weighted by Crippen LogP contribution is -2.26. The van der Waals surface area contributed by atoms with Gasteiger partial charge in [0.1, 0.15) is 5.75 Å². The van der Waals surface area contributed by atoms with E-state index in [0.29, 0.717) is 12.1 Å². The summed E-state index contributed by atoms with van der Waals surface area (Å²) in [5.41, 5.74) is 1.00. The Morgan fingerprint density at radius 1 is 1.35 bits per heavy atom. The minimum Gasteiger partial charge on any atom is -0.507 e. The molecule has 0 unspecified atom stereocenters. The Hall–Kier alpha value is -1.51. The Balaban J connectivity index is 3.24. The van der Waals surface area contributed by atoms with Gasteiger partial charge in [0, 0.05) is 19.2 Å². The Bertz CT molecular complexity index is 419. The number of nitrogens with zero attached hydrogens (tertiary/aromatic N) is 1. The third-order valence-corrected chi connectivity index (χ3v) is 2.90. The van der Waals surface area contributed by atoms with E-state index in [2.05, 4.69) is 0 Å². The number of hydrogen-bond acceptors (Lipinski definition) is 2. The van der Waals surface area contributed by atoms with Crippen LogP contribution < -0.4 is 0 Å². The highest BCUT2D eigenvalue weighted by atomic mass is 16.3. The van der Waals surface area contributed by atoms with E-state index in [0.717, 1.165) is 5.56 Å². The van der Waals surface area contributed by atoms with Crippen molar-refractivity contribution in [1.29, 1.82) is 0 Å². The first kappa shape index (κ1) is 13.6. The third kappa shape index (κ3) is 2.78. The van der Waals surface area contributed by atoms with Gasteiger partial charge in [0.05, 0.1) is 5.56 Å². The van der Waals surface area contributed by atoms with Crippen molar-refractivity contribution in [2.24, 2.45) is 0 Å². The largest absolute Gasteiger partial charge is 0.507 e. The monoisotopic (exact) mass is 235 g/mol. The smallest absolute Gasteiger partial charge is 0.257 e. The number of amides is 1. The van der Waals surface area contributed by atoms with E-state index in [1.54, 1.807) is 18.0 Å². The normalized spacial score (nSPS) is 11.4. The summed E-state index contributed by atoms with van der Waals surface area (Å²) < 4.78 is 0. The van der Waals surface area contributed by atoms with Crippen LogP contribution in [-0.4, -0.2) is 29.5 Å². The number of aromatic hydroxyl groups is 1. The standard InChI is InChI=1S/C14H21NO2/c1-6-15(5)13(17)10-8-7-9-11(12(10)16)14(2,3)4/h7-9,16H,6H2,1-5H3.